The lowest BCUT2D eigenvalue weighted by Crippen LogP contribution is -2.24. The predicted octanol–water partition coefficient (Wildman–Crippen LogP) is 1.64. The highest BCUT2D eigenvalue weighted by Gasteiger charge is 2.03. The van der Waals surface area contributed by atoms with Gasteiger partial charge in [-0.25, -0.2) is 0 Å². The average Bonchev–Trinajstić information content (AvgIpc) is 2.28. The first kappa shape index (κ1) is 11.2. The molecule has 80 valence electrons. The lowest BCUT2D eigenvalue weighted by molar-refractivity contribution is 0.594. The molecular formula is C11H16N4. The van der Waals surface area contributed by atoms with Gasteiger partial charge < -0.3 is 15.6 Å². The van der Waals surface area contributed by atoms with Crippen molar-refractivity contribution in [2.24, 2.45) is 0 Å². The molecule has 0 unspecified atom stereocenters. The zero-order valence-corrected chi connectivity index (χ0v) is 9.04. The Hall–Kier alpha value is -1.84. The molecule has 3 N–H and O–H groups in total. The second-order valence-electron chi connectivity index (χ2n) is 3.35. The molecule has 0 radical (unpaired) electrons. The van der Waals surface area contributed by atoms with Crippen molar-refractivity contribution in [3.05, 3.63) is 29.8 Å². The summed E-state index contributed by atoms with van der Waals surface area (Å²) in [5.41, 5.74) is 2.39. The standard InChI is InChI=1S/C11H16N4/c1-14-10-5-3-4-9(6-10)11(13)7-15(2)8-12/h3-6,8,12-14H,7H2,1-2H3. The van der Waals surface area contributed by atoms with E-state index < -0.39 is 0 Å². The van der Waals surface area contributed by atoms with Crippen LogP contribution in [0.25, 0.3) is 0 Å². The van der Waals surface area contributed by atoms with Crippen LogP contribution in [0.2, 0.25) is 0 Å². The van der Waals surface area contributed by atoms with E-state index in [1.54, 1.807) is 11.9 Å². The molecule has 0 aliphatic carbocycles. The highest BCUT2D eigenvalue weighted by atomic mass is 15.1. The normalized spacial score (nSPS) is 9.47. The van der Waals surface area contributed by atoms with Gasteiger partial charge in [-0.3, -0.25) is 5.41 Å². The third-order valence-corrected chi connectivity index (χ3v) is 2.13. The Morgan fingerprint density at radius 2 is 2.27 bits per heavy atom. The van der Waals surface area contributed by atoms with E-state index in [1.807, 2.05) is 31.3 Å². The summed E-state index contributed by atoms with van der Waals surface area (Å²) >= 11 is 0. The number of hydrogen-bond acceptors (Lipinski definition) is 3. The number of likely N-dealkylation sites (N-methyl/N-ethyl adjacent to an activating group) is 1. The van der Waals surface area contributed by atoms with Gasteiger partial charge >= 0.3 is 0 Å². The van der Waals surface area contributed by atoms with Crippen molar-refractivity contribution in [1.82, 2.24) is 4.90 Å². The van der Waals surface area contributed by atoms with Crippen molar-refractivity contribution >= 4 is 17.7 Å². The third kappa shape index (κ3) is 3.09. The van der Waals surface area contributed by atoms with Crippen molar-refractivity contribution < 1.29 is 0 Å². The van der Waals surface area contributed by atoms with E-state index in [9.17, 15) is 0 Å². The summed E-state index contributed by atoms with van der Waals surface area (Å²) in [6, 6.07) is 7.71. The SMILES string of the molecule is CNc1cccc(C(=N)CN(C)C=N)c1. The van der Waals surface area contributed by atoms with Gasteiger partial charge in [0.05, 0.1) is 18.6 Å². The van der Waals surface area contributed by atoms with Gasteiger partial charge in [-0.2, -0.15) is 0 Å². The van der Waals surface area contributed by atoms with Gasteiger partial charge in [0.2, 0.25) is 0 Å². The Bertz CT molecular complexity index is 359. The van der Waals surface area contributed by atoms with Crippen LogP contribution in [0, 0.1) is 10.8 Å². The van der Waals surface area contributed by atoms with Crippen molar-refractivity contribution in [2.45, 2.75) is 0 Å². The monoisotopic (exact) mass is 204 g/mol. The molecule has 0 bridgehead atoms. The largest absolute Gasteiger partial charge is 0.388 e. The Kier molecular flexibility index (Phi) is 3.85. The molecule has 0 saturated carbocycles. The molecule has 0 spiro atoms. The quantitative estimate of drug-likeness (QED) is 0.504. The summed E-state index contributed by atoms with van der Waals surface area (Å²) in [6.07, 6.45) is 1.22. The molecule has 1 rings (SSSR count). The van der Waals surface area contributed by atoms with E-state index >= 15 is 0 Å². The number of rotatable bonds is 5. The van der Waals surface area contributed by atoms with Crippen LogP contribution in [0.4, 0.5) is 5.69 Å². The van der Waals surface area contributed by atoms with E-state index in [-0.39, 0.29) is 0 Å². The van der Waals surface area contributed by atoms with Crippen molar-refractivity contribution in [3.63, 3.8) is 0 Å². The Morgan fingerprint density at radius 1 is 1.53 bits per heavy atom. The zero-order chi connectivity index (χ0) is 11.3. The van der Waals surface area contributed by atoms with Gasteiger partial charge in [-0.15, -0.1) is 0 Å². The lowest BCUT2D eigenvalue weighted by atomic mass is 10.1. The summed E-state index contributed by atoms with van der Waals surface area (Å²) in [6.45, 7) is 0.455. The molecule has 1 aromatic carbocycles. The van der Waals surface area contributed by atoms with Crippen LogP contribution < -0.4 is 5.32 Å². The van der Waals surface area contributed by atoms with Crippen LogP contribution in [0.15, 0.2) is 24.3 Å². The second-order valence-corrected chi connectivity index (χ2v) is 3.35. The fourth-order valence-corrected chi connectivity index (χ4v) is 1.25. The number of anilines is 1. The first-order valence-electron chi connectivity index (χ1n) is 4.74. The molecule has 0 aromatic heterocycles. The minimum Gasteiger partial charge on any atom is -0.388 e. The Balaban J connectivity index is 2.77. The average molecular weight is 204 g/mol. The summed E-state index contributed by atoms with van der Waals surface area (Å²) in [4.78, 5) is 1.66. The minimum absolute atomic E-state index is 0.455. The molecule has 1 aromatic rings. The summed E-state index contributed by atoms with van der Waals surface area (Å²) in [7, 11) is 3.63. The molecule has 15 heavy (non-hydrogen) atoms. The van der Waals surface area contributed by atoms with Crippen LogP contribution in [-0.2, 0) is 0 Å². The molecule has 0 heterocycles. The minimum atomic E-state index is 0.455. The van der Waals surface area contributed by atoms with E-state index in [2.05, 4.69) is 5.32 Å². The maximum Gasteiger partial charge on any atom is 0.0818 e. The number of nitrogens with one attached hydrogen (secondary N) is 3. The van der Waals surface area contributed by atoms with E-state index in [4.69, 9.17) is 10.8 Å². The summed E-state index contributed by atoms with van der Waals surface area (Å²) in [5.74, 6) is 0. The molecule has 0 saturated heterocycles. The van der Waals surface area contributed by atoms with Crippen LogP contribution in [0.1, 0.15) is 5.56 Å². The Morgan fingerprint density at radius 3 is 2.87 bits per heavy atom. The Labute approximate surface area is 89.9 Å². The second kappa shape index (κ2) is 5.14. The third-order valence-electron chi connectivity index (χ3n) is 2.13. The molecule has 0 aliphatic heterocycles. The van der Waals surface area contributed by atoms with Crippen molar-refractivity contribution in [3.8, 4) is 0 Å². The first-order chi connectivity index (χ1) is 7.17. The van der Waals surface area contributed by atoms with Gasteiger partial charge in [0.15, 0.2) is 0 Å². The predicted molar refractivity (Wildman–Crippen MR) is 64.2 cm³/mol. The fourth-order valence-electron chi connectivity index (χ4n) is 1.25. The van der Waals surface area contributed by atoms with Crippen LogP contribution in [0.3, 0.4) is 0 Å². The number of hydrogen-bond donors (Lipinski definition) is 3. The topological polar surface area (TPSA) is 63.0 Å². The maximum atomic E-state index is 7.86. The van der Waals surface area contributed by atoms with Crippen LogP contribution in [0.5, 0.6) is 0 Å². The van der Waals surface area contributed by atoms with Gasteiger partial charge in [0, 0.05) is 19.8 Å². The lowest BCUT2D eigenvalue weighted by Gasteiger charge is -2.13. The van der Waals surface area contributed by atoms with Crippen LogP contribution in [-0.4, -0.2) is 37.6 Å². The molecule has 0 aliphatic rings. The molecule has 0 amide bonds. The maximum absolute atomic E-state index is 7.86. The van der Waals surface area contributed by atoms with Crippen LogP contribution >= 0.6 is 0 Å². The van der Waals surface area contributed by atoms with E-state index in [0.717, 1.165) is 11.3 Å². The molecule has 0 fully saturated rings. The van der Waals surface area contributed by atoms with E-state index in [0.29, 0.717) is 12.3 Å². The molecule has 4 nitrogen and oxygen atoms in total. The highest BCUT2D eigenvalue weighted by molar-refractivity contribution is 6.01. The van der Waals surface area contributed by atoms with E-state index in [1.165, 1.54) is 6.34 Å². The molecular weight excluding hydrogens is 188 g/mol. The van der Waals surface area contributed by atoms with Gasteiger partial charge in [-0.1, -0.05) is 12.1 Å². The van der Waals surface area contributed by atoms with Gasteiger partial charge in [0.1, 0.15) is 0 Å². The smallest absolute Gasteiger partial charge is 0.0818 e. The van der Waals surface area contributed by atoms with Gasteiger partial charge in [-0.05, 0) is 17.7 Å². The zero-order valence-electron chi connectivity index (χ0n) is 9.04. The highest BCUT2D eigenvalue weighted by Crippen LogP contribution is 2.10. The van der Waals surface area contributed by atoms with Crippen molar-refractivity contribution in [1.29, 1.82) is 10.8 Å². The summed E-state index contributed by atoms with van der Waals surface area (Å²) in [5, 5.41) is 17.9. The first-order valence-corrected chi connectivity index (χ1v) is 4.74. The number of benzene rings is 1. The van der Waals surface area contributed by atoms with Gasteiger partial charge in [0.25, 0.3) is 0 Å². The fraction of sp³-hybridized carbons (Fsp3) is 0.273. The summed E-state index contributed by atoms with van der Waals surface area (Å²) < 4.78 is 0. The molecule has 0 atom stereocenters. The van der Waals surface area contributed by atoms with Crippen molar-refractivity contribution in [2.75, 3.05) is 26.0 Å². The molecule has 4 heteroatoms. The number of nitrogens with zero attached hydrogens (tertiary/aromatic N) is 1.